The Morgan fingerprint density at radius 2 is 1.94 bits per heavy atom. The van der Waals surface area contributed by atoms with Gasteiger partial charge in [0.2, 0.25) is 0 Å². The summed E-state index contributed by atoms with van der Waals surface area (Å²) in [5.41, 5.74) is 4.12. The van der Waals surface area contributed by atoms with Crippen LogP contribution >= 0.6 is 11.8 Å². The zero-order valence-electron chi connectivity index (χ0n) is 18.8. The van der Waals surface area contributed by atoms with Gasteiger partial charge in [0.25, 0.3) is 5.56 Å². The molecule has 1 fully saturated rings. The molecule has 1 saturated heterocycles. The summed E-state index contributed by atoms with van der Waals surface area (Å²) in [5, 5.41) is 3.64. The van der Waals surface area contributed by atoms with Crippen molar-refractivity contribution in [3.63, 3.8) is 0 Å². The number of thioether (sulfide) groups is 1. The van der Waals surface area contributed by atoms with Crippen molar-refractivity contribution < 1.29 is 4.79 Å². The second-order valence-electron chi connectivity index (χ2n) is 8.79. The van der Waals surface area contributed by atoms with Crippen LogP contribution in [-0.4, -0.2) is 61.6 Å². The highest BCUT2D eigenvalue weighted by Crippen LogP contribution is 2.27. The van der Waals surface area contributed by atoms with Crippen LogP contribution in [0.2, 0.25) is 0 Å². The number of fused-ring (bicyclic) bond motifs is 2. The molecule has 0 bridgehead atoms. The van der Waals surface area contributed by atoms with Gasteiger partial charge in [-0.25, -0.2) is 9.97 Å². The van der Waals surface area contributed by atoms with Crippen molar-refractivity contribution in [3.05, 3.63) is 57.9 Å². The van der Waals surface area contributed by atoms with E-state index in [-0.39, 0.29) is 11.3 Å². The molecule has 0 saturated carbocycles. The Kier molecular flexibility index (Phi) is 6.52. The van der Waals surface area contributed by atoms with Gasteiger partial charge in [0.05, 0.1) is 29.8 Å². The van der Waals surface area contributed by atoms with Crippen LogP contribution in [0.3, 0.4) is 0 Å². The van der Waals surface area contributed by atoms with Gasteiger partial charge in [-0.3, -0.25) is 19.1 Å². The number of hydrogen-bond acceptors (Lipinski definition) is 8. The smallest absolute Gasteiger partial charge is 0.270 e. The fourth-order valence-corrected chi connectivity index (χ4v) is 5.35. The molecule has 3 aromatic rings. The number of carbonyl (C=O) groups excluding carboxylic acids is 1. The van der Waals surface area contributed by atoms with Gasteiger partial charge in [0, 0.05) is 36.3 Å². The molecular formula is C24H28N6O2S. The Morgan fingerprint density at radius 3 is 2.79 bits per heavy atom. The van der Waals surface area contributed by atoms with E-state index in [4.69, 9.17) is 4.98 Å². The third kappa shape index (κ3) is 5.15. The molecule has 1 N–H and O–H groups in total. The monoisotopic (exact) mass is 464 g/mol. The summed E-state index contributed by atoms with van der Waals surface area (Å²) in [6, 6.07) is 8.44. The number of likely N-dealkylation sites (tertiary alicyclic amines) is 1. The molecule has 8 nitrogen and oxygen atoms in total. The van der Waals surface area contributed by atoms with Gasteiger partial charge in [-0.15, -0.1) is 11.8 Å². The number of aromatic nitrogens is 4. The zero-order valence-corrected chi connectivity index (χ0v) is 19.6. The first-order valence-corrected chi connectivity index (χ1v) is 12.5. The maximum atomic E-state index is 12.4. The molecule has 0 radical (unpaired) electrons. The third-order valence-corrected chi connectivity index (χ3v) is 7.52. The van der Waals surface area contributed by atoms with Gasteiger partial charge in [-0.05, 0) is 57.1 Å². The maximum Gasteiger partial charge on any atom is 0.270 e. The van der Waals surface area contributed by atoms with Crippen molar-refractivity contribution in [2.24, 2.45) is 0 Å². The predicted octanol–water partition coefficient (Wildman–Crippen LogP) is 1.97. The molecule has 172 valence electrons. The first-order chi connectivity index (χ1) is 16.0. The van der Waals surface area contributed by atoms with Gasteiger partial charge in [0.15, 0.2) is 5.65 Å². The number of ketones is 1. The van der Waals surface area contributed by atoms with E-state index < -0.39 is 0 Å². The van der Waals surface area contributed by atoms with Crippen LogP contribution < -0.4 is 10.9 Å². The summed E-state index contributed by atoms with van der Waals surface area (Å²) >= 11 is 1.59. The number of Topliss-reactive ketones (excluding diaryl/α,β-unsaturated/α-hetero) is 1. The summed E-state index contributed by atoms with van der Waals surface area (Å²) in [7, 11) is 0. The van der Waals surface area contributed by atoms with Crippen LogP contribution in [0.4, 0.5) is 0 Å². The lowest BCUT2D eigenvalue weighted by atomic mass is 10.0. The lowest BCUT2D eigenvalue weighted by Gasteiger charge is -2.32. The first-order valence-electron chi connectivity index (χ1n) is 11.5. The molecule has 0 unspecified atom stereocenters. The van der Waals surface area contributed by atoms with E-state index in [2.05, 4.69) is 32.3 Å². The summed E-state index contributed by atoms with van der Waals surface area (Å²) < 4.78 is 1.74. The number of nitrogens with one attached hydrogen (secondary N) is 1. The van der Waals surface area contributed by atoms with Gasteiger partial charge >= 0.3 is 0 Å². The van der Waals surface area contributed by atoms with Crippen LogP contribution in [0.15, 0.2) is 40.2 Å². The van der Waals surface area contributed by atoms with Crippen molar-refractivity contribution in [1.29, 1.82) is 0 Å². The summed E-state index contributed by atoms with van der Waals surface area (Å²) in [4.78, 5) is 41.1. The first kappa shape index (κ1) is 22.2. The van der Waals surface area contributed by atoms with Crippen LogP contribution in [0, 0.1) is 6.92 Å². The molecule has 2 aliphatic heterocycles. The number of carbonyl (C=O) groups is 1. The number of hydrogen-bond donors (Lipinski definition) is 1. The highest BCUT2D eigenvalue weighted by molar-refractivity contribution is 8.00. The summed E-state index contributed by atoms with van der Waals surface area (Å²) in [5.74, 6) is 0.818. The van der Waals surface area contributed by atoms with Gasteiger partial charge in [-0.1, -0.05) is 0 Å². The van der Waals surface area contributed by atoms with Crippen molar-refractivity contribution in [1.82, 2.24) is 29.7 Å². The van der Waals surface area contributed by atoms with E-state index in [0.717, 1.165) is 66.5 Å². The van der Waals surface area contributed by atoms with E-state index in [1.54, 1.807) is 16.3 Å². The second-order valence-corrected chi connectivity index (χ2v) is 9.81. The molecule has 0 spiro atoms. The van der Waals surface area contributed by atoms with Crippen LogP contribution in [0.25, 0.3) is 11.2 Å². The second kappa shape index (κ2) is 9.70. The summed E-state index contributed by atoms with van der Waals surface area (Å²) in [6.45, 7) is 6.06. The fourth-order valence-electron chi connectivity index (χ4n) is 4.49. The molecule has 2 aliphatic rings. The number of pyridine rings is 2. The highest BCUT2D eigenvalue weighted by atomic mass is 32.2. The van der Waals surface area contributed by atoms with Crippen molar-refractivity contribution >= 4 is 28.7 Å². The number of nitrogens with zero attached hydrogens (tertiary/aromatic N) is 5. The molecule has 0 atom stereocenters. The van der Waals surface area contributed by atoms with Crippen LogP contribution in [0.1, 0.15) is 29.9 Å². The Bertz CT molecular complexity index is 1240. The average Bonchev–Trinajstić information content (AvgIpc) is 2.82. The van der Waals surface area contributed by atoms with Gasteiger partial charge < -0.3 is 10.2 Å². The number of aryl methyl sites for hydroxylation is 1. The molecule has 5 rings (SSSR count). The molecule has 33 heavy (non-hydrogen) atoms. The van der Waals surface area contributed by atoms with E-state index in [9.17, 15) is 9.59 Å². The molecule has 3 aromatic heterocycles. The normalized spacial score (nSPS) is 17.4. The SMILES string of the molecule is Cc1ccc2ncc(=O)n(CCN3CCC(NCc4ccc5c(n4)CC(=O)CS5)CC3)c2n1. The topological polar surface area (TPSA) is 93.0 Å². The minimum Gasteiger partial charge on any atom is -0.308 e. The Morgan fingerprint density at radius 1 is 1.09 bits per heavy atom. The Labute approximate surface area is 196 Å². The number of piperidine rings is 1. The molecule has 0 aliphatic carbocycles. The Hall–Kier alpha value is -2.62. The fraction of sp³-hybridized carbons (Fsp3) is 0.458. The molecule has 5 heterocycles. The molecule has 9 heteroatoms. The van der Waals surface area contributed by atoms with E-state index >= 15 is 0 Å². The van der Waals surface area contributed by atoms with E-state index in [1.807, 2.05) is 19.1 Å². The summed E-state index contributed by atoms with van der Waals surface area (Å²) in [6.07, 6.45) is 3.96. The average molecular weight is 465 g/mol. The lowest BCUT2D eigenvalue weighted by Crippen LogP contribution is -2.43. The molecule has 0 amide bonds. The van der Waals surface area contributed by atoms with Crippen LogP contribution in [-0.2, 0) is 24.3 Å². The van der Waals surface area contributed by atoms with E-state index in [1.165, 1.54) is 6.20 Å². The minimum absolute atomic E-state index is 0.102. The Balaban J connectivity index is 1.13. The zero-order chi connectivity index (χ0) is 22.8. The van der Waals surface area contributed by atoms with Gasteiger partial charge in [0.1, 0.15) is 11.3 Å². The highest BCUT2D eigenvalue weighted by Gasteiger charge is 2.21. The molecular weight excluding hydrogens is 436 g/mol. The quantitative estimate of drug-likeness (QED) is 0.592. The van der Waals surface area contributed by atoms with Crippen LogP contribution in [0.5, 0.6) is 0 Å². The molecule has 0 aromatic carbocycles. The predicted molar refractivity (Wildman–Crippen MR) is 129 cm³/mol. The standard InChI is InChI=1S/C24H28N6O2S/c1-16-2-4-20-24(27-16)30(23(32)14-26-20)11-10-29-8-6-17(7-9-29)25-13-18-3-5-22-21(28-18)12-19(31)15-33-22/h2-5,14,17,25H,6-13,15H2,1H3. The van der Waals surface area contributed by atoms with Gasteiger partial charge in [-0.2, -0.15) is 0 Å². The van der Waals surface area contributed by atoms with E-state index in [0.29, 0.717) is 30.4 Å². The minimum atomic E-state index is -0.102. The van der Waals surface area contributed by atoms with Crippen molar-refractivity contribution in [2.45, 2.75) is 50.2 Å². The largest absolute Gasteiger partial charge is 0.308 e. The number of rotatable bonds is 6. The third-order valence-electron chi connectivity index (χ3n) is 6.37. The maximum absolute atomic E-state index is 12.4. The lowest BCUT2D eigenvalue weighted by molar-refractivity contribution is -0.116. The van der Waals surface area contributed by atoms with Crippen molar-refractivity contribution in [3.8, 4) is 0 Å². The van der Waals surface area contributed by atoms with Crippen molar-refractivity contribution in [2.75, 3.05) is 25.4 Å².